The molecule has 0 aliphatic heterocycles. The van der Waals surface area contributed by atoms with Crippen LogP contribution in [-0.4, -0.2) is 4.98 Å². The average Bonchev–Trinajstić information content (AvgIpc) is 2.80. The molecular formula is C11H8FN3S. The number of nitrogens with zero attached hydrogens (tertiary/aromatic N) is 2. The summed E-state index contributed by atoms with van der Waals surface area (Å²) in [6.45, 7) is 0.478. The Morgan fingerprint density at radius 3 is 3.00 bits per heavy atom. The van der Waals surface area contributed by atoms with Gasteiger partial charge in [-0.25, -0.2) is 9.37 Å². The summed E-state index contributed by atoms with van der Waals surface area (Å²) >= 11 is 1.50. The van der Waals surface area contributed by atoms with E-state index in [9.17, 15) is 4.39 Å². The fourth-order valence-corrected chi connectivity index (χ4v) is 1.80. The minimum absolute atomic E-state index is 0.316. The average molecular weight is 233 g/mol. The number of halogens is 1. The largest absolute Gasteiger partial charge is 0.377 e. The van der Waals surface area contributed by atoms with E-state index < -0.39 is 5.82 Å². The molecule has 0 unspecified atom stereocenters. The van der Waals surface area contributed by atoms with Crippen LogP contribution in [0.4, 0.5) is 10.1 Å². The van der Waals surface area contributed by atoms with Crippen LogP contribution < -0.4 is 5.32 Å². The SMILES string of the molecule is N#Cc1ccc(NCc2cscn2)c(F)c1. The summed E-state index contributed by atoms with van der Waals surface area (Å²) < 4.78 is 13.4. The van der Waals surface area contributed by atoms with Crippen LogP contribution in [0.15, 0.2) is 29.1 Å². The molecule has 0 bridgehead atoms. The number of aromatic nitrogens is 1. The zero-order valence-corrected chi connectivity index (χ0v) is 9.09. The summed E-state index contributed by atoms with van der Waals surface area (Å²) in [6.07, 6.45) is 0. The van der Waals surface area contributed by atoms with Crippen molar-refractivity contribution in [2.75, 3.05) is 5.32 Å². The minimum Gasteiger partial charge on any atom is -0.377 e. The molecule has 1 aromatic heterocycles. The van der Waals surface area contributed by atoms with Crippen LogP contribution >= 0.6 is 11.3 Å². The highest BCUT2D eigenvalue weighted by molar-refractivity contribution is 7.07. The maximum atomic E-state index is 13.4. The molecule has 0 spiro atoms. The highest BCUT2D eigenvalue weighted by atomic mass is 32.1. The Bertz CT molecular complexity index is 517. The van der Waals surface area contributed by atoms with E-state index in [1.807, 2.05) is 11.4 Å². The first kappa shape index (κ1) is 10.6. The third-order valence-electron chi connectivity index (χ3n) is 2.04. The second-order valence-electron chi connectivity index (χ2n) is 3.14. The van der Waals surface area contributed by atoms with Gasteiger partial charge in [0.1, 0.15) is 5.82 Å². The van der Waals surface area contributed by atoms with Gasteiger partial charge in [0.15, 0.2) is 0 Å². The first-order chi connectivity index (χ1) is 7.79. The Hall–Kier alpha value is -1.93. The van der Waals surface area contributed by atoms with Crippen LogP contribution in [0.2, 0.25) is 0 Å². The van der Waals surface area contributed by atoms with Crippen LogP contribution in [0.25, 0.3) is 0 Å². The molecule has 0 atom stereocenters. The lowest BCUT2D eigenvalue weighted by atomic mass is 10.2. The molecule has 3 nitrogen and oxygen atoms in total. The molecule has 0 aliphatic carbocycles. The number of hydrogen-bond acceptors (Lipinski definition) is 4. The van der Waals surface area contributed by atoms with E-state index >= 15 is 0 Å². The molecule has 5 heteroatoms. The van der Waals surface area contributed by atoms with Crippen molar-refractivity contribution in [1.29, 1.82) is 5.26 Å². The highest BCUT2D eigenvalue weighted by Gasteiger charge is 2.03. The molecule has 0 amide bonds. The van der Waals surface area contributed by atoms with Gasteiger partial charge in [0.2, 0.25) is 0 Å². The zero-order valence-electron chi connectivity index (χ0n) is 8.27. The van der Waals surface area contributed by atoms with Crippen molar-refractivity contribution < 1.29 is 4.39 Å². The van der Waals surface area contributed by atoms with Crippen molar-refractivity contribution in [2.24, 2.45) is 0 Å². The van der Waals surface area contributed by atoms with E-state index in [1.165, 1.54) is 17.4 Å². The number of benzene rings is 1. The molecule has 0 saturated heterocycles. The van der Waals surface area contributed by atoms with Crippen molar-refractivity contribution in [3.05, 3.63) is 46.2 Å². The summed E-state index contributed by atoms with van der Waals surface area (Å²) in [5.74, 6) is -0.422. The molecule has 0 radical (unpaired) electrons. The normalized spacial score (nSPS) is 9.75. The van der Waals surface area contributed by atoms with Crippen LogP contribution in [0.1, 0.15) is 11.3 Å². The van der Waals surface area contributed by atoms with E-state index in [2.05, 4.69) is 10.3 Å². The molecule has 80 valence electrons. The van der Waals surface area contributed by atoms with Gasteiger partial charge in [-0.05, 0) is 18.2 Å². The smallest absolute Gasteiger partial charge is 0.147 e. The molecule has 2 rings (SSSR count). The van der Waals surface area contributed by atoms with Gasteiger partial charge >= 0.3 is 0 Å². The van der Waals surface area contributed by atoms with E-state index in [1.54, 1.807) is 17.6 Å². The number of thiazole rings is 1. The van der Waals surface area contributed by atoms with Crippen molar-refractivity contribution in [3.63, 3.8) is 0 Å². The summed E-state index contributed by atoms with van der Waals surface area (Å²) in [5, 5.41) is 13.4. The highest BCUT2D eigenvalue weighted by Crippen LogP contribution is 2.16. The fourth-order valence-electron chi connectivity index (χ4n) is 1.24. The third kappa shape index (κ3) is 2.35. The van der Waals surface area contributed by atoms with E-state index in [0.29, 0.717) is 17.8 Å². The quantitative estimate of drug-likeness (QED) is 0.886. The lowest BCUT2D eigenvalue weighted by molar-refractivity contribution is 0.629. The maximum absolute atomic E-state index is 13.4. The van der Waals surface area contributed by atoms with Gasteiger partial charge in [0.25, 0.3) is 0 Å². The third-order valence-corrected chi connectivity index (χ3v) is 2.68. The van der Waals surface area contributed by atoms with Gasteiger partial charge in [0.05, 0.1) is 35.1 Å². The molecule has 0 aliphatic rings. The number of anilines is 1. The zero-order chi connectivity index (χ0) is 11.4. The molecular weight excluding hydrogens is 225 g/mol. The Labute approximate surface area is 96.2 Å². The Morgan fingerprint density at radius 1 is 1.50 bits per heavy atom. The molecule has 1 N–H and O–H groups in total. The Balaban J connectivity index is 2.08. The number of nitrogens with one attached hydrogen (secondary N) is 1. The van der Waals surface area contributed by atoms with Crippen LogP contribution in [0.3, 0.4) is 0 Å². The van der Waals surface area contributed by atoms with Crippen LogP contribution in [0, 0.1) is 17.1 Å². The van der Waals surface area contributed by atoms with Gasteiger partial charge in [0, 0.05) is 5.38 Å². The van der Waals surface area contributed by atoms with E-state index in [-0.39, 0.29) is 0 Å². The summed E-state index contributed by atoms with van der Waals surface area (Å²) in [5.41, 5.74) is 3.30. The van der Waals surface area contributed by atoms with Crippen molar-refractivity contribution >= 4 is 17.0 Å². The standard InChI is InChI=1S/C11H8FN3S/c12-10-3-8(4-13)1-2-11(10)14-5-9-6-16-7-15-9/h1-3,6-7,14H,5H2. The maximum Gasteiger partial charge on any atom is 0.147 e. The fraction of sp³-hybridized carbons (Fsp3) is 0.0909. The number of nitriles is 1. The van der Waals surface area contributed by atoms with Crippen LogP contribution in [0.5, 0.6) is 0 Å². The molecule has 1 heterocycles. The lowest BCUT2D eigenvalue weighted by Gasteiger charge is -2.05. The summed E-state index contributed by atoms with van der Waals surface area (Å²) in [4.78, 5) is 4.08. The predicted molar refractivity (Wildman–Crippen MR) is 60.6 cm³/mol. The van der Waals surface area contributed by atoms with Gasteiger partial charge in [-0.3, -0.25) is 0 Å². The second kappa shape index (κ2) is 4.73. The monoisotopic (exact) mass is 233 g/mol. The molecule has 0 fully saturated rings. The van der Waals surface area contributed by atoms with Crippen LogP contribution in [-0.2, 0) is 6.54 Å². The van der Waals surface area contributed by atoms with Gasteiger partial charge in [-0.1, -0.05) is 0 Å². The summed E-state index contributed by atoms with van der Waals surface area (Å²) in [6, 6.07) is 6.23. The van der Waals surface area contributed by atoms with E-state index in [0.717, 1.165) is 5.69 Å². The van der Waals surface area contributed by atoms with Crippen molar-refractivity contribution in [3.8, 4) is 6.07 Å². The predicted octanol–water partition coefficient (Wildman–Crippen LogP) is 2.77. The molecule has 2 aromatic rings. The van der Waals surface area contributed by atoms with Crippen molar-refractivity contribution in [2.45, 2.75) is 6.54 Å². The van der Waals surface area contributed by atoms with E-state index in [4.69, 9.17) is 5.26 Å². The molecule has 16 heavy (non-hydrogen) atoms. The van der Waals surface area contributed by atoms with Gasteiger partial charge in [-0.15, -0.1) is 11.3 Å². The first-order valence-corrected chi connectivity index (χ1v) is 5.54. The van der Waals surface area contributed by atoms with Gasteiger partial charge in [-0.2, -0.15) is 5.26 Å². The Morgan fingerprint density at radius 2 is 2.38 bits per heavy atom. The summed E-state index contributed by atoms with van der Waals surface area (Å²) in [7, 11) is 0. The van der Waals surface area contributed by atoms with Gasteiger partial charge < -0.3 is 5.32 Å². The minimum atomic E-state index is -0.422. The molecule has 0 saturated carbocycles. The van der Waals surface area contributed by atoms with Crippen molar-refractivity contribution in [1.82, 2.24) is 4.98 Å². The number of hydrogen-bond donors (Lipinski definition) is 1. The Kier molecular flexibility index (Phi) is 3.13. The number of rotatable bonds is 3. The second-order valence-corrected chi connectivity index (χ2v) is 3.86. The first-order valence-electron chi connectivity index (χ1n) is 4.60. The molecule has 1 aromatic carbocycles. The lowest BCUT2D eigenvalue weighted by Crippen LogP contribution is -2.01. The topological polar surface area (TPSA) is 48.7 Å².